The van der Waals surface area contributed by atoms with Crippen molar-refractivity contribution in [2.24, 2.45) is 0 Å². The topological polar surface area (TPSA) is 24.1 Å². The molecule has 0 unspecified atom stereocenters. The summed E-state index contributed by atoms with van der Waals surface area (Å²) in [4.78, 5) is 0. The highest BCUT2D eigenvalue weighted by Crippen LogP contribution is 1.75. The molecule has 0 aliphatic rings. The highest BCUT2D eigenvalue weighted by Gasteiger charge is 1.85. The minimum absolute atomic E-state index is 0.583. The van der Waals surface area contributed by atoms with Gasteiger partial charge in [-0.3, -0.25) is 0 Å². The molecule has 60 valence electrons. The van der Waals surface area contributed by atoms with E-state index in [1.807, 2.05) is 7.05 Å². The molecule has 0 amide bonds. The Balaban J connectivity index is 3.02. The van der Waals surface area contributed by atoms with Gasteiger partial charge in [0.1, 0.15) is 0 Å². The molecule has 2 N–H and O–H groups in total. The zero-order valence-electron chi connectivity index (χ0n) is 7.15. The molecule has 2 heteroatoms. The minimum Gasteiger partial charge on any atom is -0.316 e. The number of likely N-dealkylation sites (N-methyl/N-ethyl adjacent to an activating group) is 1. The molecular formula is C8H18N2. The van der Waals surface area contributed by atoms with Gasteiger partial charge >= 0.3 is 0 Å². The lowest BCUT2D eigenvalue weighted by atomic mass is 10.4. The van der Waals surface area contributed by atoms with Crippen LogP contribution >= 0.6 is 0 Å². The molecule has 0 bridgehead atoms. The Morgan fingerprint density at radius 2 is 1.80 bits per heavy atom. The summed E-state index contributed by atoms with van der Waals surface area (Å²) in [5, 5.41) is 6.33. The maximum absolute atomic E-state index is 3.29. The fourth-order valence-electron chi connectivity index (χ4n) is 0.588. The molecule has 10 heavy (non-hydrogen) atoms. The van der Waals surface area contributed by atoms with Crippen molar-refractivity contribution in [1.82, 2.24) is 10.6 Å². The number of nitrogens with one attached hydrogen (secondary N) is 2. The van der Waals surface area contributed by atoms with Crippen LogP contribution in [0, 0.1) is 0 Å². The van der Waals surface area contributed by atoms with Gasteiger partial charge in [0.15, 0.2) is 0 Å². The molecule has 0 aromatic heterocycles. The smallest absolute Gasteiger partial charge is 0.0137 e. The predicted octanol–water partition coefficient (Wildman–Crippen LogP) is 0.760. The van der Waals surface area contributed by atoms with Gasteiger partial charge in [-0.05, 0) is 7.05 Å². The van der Waals surface area contributed by atoms with Gasteiger partial charge in [-0.25, -0.2) is 0 Å². The van der Waals surface area contributed by atoms with E-state index in [1.54, 1.807) is 0 Å². The highest BCUT2D eigenvalue weighted by atomic mass is 14.9. The molecule has 2 nitrogen and oxygen atoms in total. The lowest BCUT2D eigenvalue weighted by molar-refractivity contribution is 0.632. The Morgan fingerprint density at radius 1 is 1.20 bits per heavy atom. The predicted molar refractivity (Wildman–Crippen MR) is 46.2 cm³/mol. The minimum atomic E-state index is 0.583. The average molecular weight is 142 g/mol. The van der Waals surface area contributed by atoms with Crippen molar-refractivity contribution in [2.45, 2.75) is 19.9 Å². The van der Waals surface area contributed by atoms with Crippen LogP contribution in [0.4, 0.5) is 0 Å². The Bertz CT molecular complexity index is 87.3. The molecule has 0 fully saturated rings. The van der Waals surface area contributed by atoms with E-state index in [9.17, 15) is 0 Å². The van der Waals surface area contributed by atoms with E-state index in [-0.39, 0.29) is 0 Å². The van der Waals surface area contributed by atoms with Gasteiger partial charge in [-0.1, -0.05) is 26.0 Å². The molecule has 0 saturated heterocycles. The van der Waals surface area contributed by atoms with E-state index in [1.165, 1.54) is 0 Å². The van der Waals surface area contributed by atoms with Crippen molar-refractivity contribution in [3.8, 4) is 0 Å². The van der Waals surface area contributed by atoms with Gasteiger partial charge in [0.05, 0.1) is 0 Å². The summed E-state index contributed by atoms with van der Waals surface area (Å²) in [5.41, 5.74) is 0. The third-order valence-electron chi connectivity index (χ3n) is 1.13. The van der Waals surface area contributed by atoms with Crippen LogP contribution in [0.1, 0.15) is 13.8 Å². The molecule has 0 heterocycles. The first kappa shape index (κ1) is 9.66. The van der Waals surface area contributed by atoms with Crippen LogP contribution in [0.2, 0.25) is 0 Å². The zero-order chi connectivity index (χ0) is 7.82. The number of rotatable bonds is 5. The summed E-state index contributed by atoms with van der Waals surface area (Å²) in [6, 6.07) is 0.583. The first-order valence-electron chi connectivity index (χ1n) is 3.80. The van der Waals surface area contributed by atoms with Crippen molar-refractivity contribution in [2.75, 3.05) is 20.1 Å². The molecule has 0 aliphatic carbocycles. The fourth-order valence-corrected chi connectivity index (χ4v) is 0.588. The summed E-state index contributed by atoms with van der Waals surface area (Å²) < 4.78 is 0. The molecule has 0 aliphatic heterocycles. The molecule has 0 saturated carbocycles. The monoisotopic (exact) mass is 142 g/mol. The molecule has 0 atom stereocenters. The quantitative estimate of drug-likeness (QED) is 0.554. The van der Waals surface area contributed by atoms with Crippen LogP contribution in [0.25, 0.3) is 0 Å². The van der Waals surface area contributed by atoms with E-state index in [4.69, 9.17) is 0 Å². The lowest BCUT2D eigenvalue weighted by Gasteiger charge is -2.02. The Morgan fingerprint density at radius 3 is 2.30 bits per heavy atom. The Kier molecular flexibility index (Phi) is 6.55. The van der Waals surface area contributed by atoms with Crippen LogP contribution in [0.15, 0.2) is 12.2 Å². The van der Waals surface area contributed by atoms with Crippen LogP contribution in [0.3, 0.4) is 0 Å². The second-order valence-corrected chi connectivity index (χ2v) is 2.59. The van der Waals surface area contributed by atoms with E-state index < -0.39 is 0 Å². The maximum Gasteiger partial charge on any atom is 0.0137 e. The number of hydrogen-bond acceptors (Lipinski definition) is 2. The van der Waals surface area contributed by atoms with Gasteiger partial charge in [-0.2, -0.15) is 0 Å². The maximum atomic E-state index is 3.29. The van der Waals surface area contributed by atoms with Crippen LogP contribution < -0.4 is 10.6 Å². The highest BCUT2D eigenvalue weighted by molar-refractivity contribution is 4.85. The third kappa shape index (κ3) is 7.66. The molecule has 0 radical (unpaired) electrons. The van der Waals surface area contributed by atoms with E-state index in [0.717, 1.165) is 13.1 Å². The largest absolute Gasteiger partial charge is 0.316 e. The van der Waals surface area contributed by atoms with E-state index in [0.29, 0.717) is 6.04 Å². The first-order valence-corrected chi connectivity index (χ1v) is 3.80. The number of hydrogen-bond donors (Lipinski definition) is 2. The lowest BCUT2D eigenvalue weighted by Crippen LogP contribution is -2.22. The van der Waals surface area contributed by atoms with Gasteiger partial charge in [0, 0.05) is 19.1 Å². The van der Waals surface area contributed by atoms with Gasteiger partial charge in [0.25, 0.3) is 0 Å². The van der Waals surface area contributed by atoms with Crippen molar-refractivity contribution in [3.63, 3.8) is 0 Å². The van der Waals surface area contributed by atoms with E-state index >= 15 is 0 Å². The average Bonchev–Trinajstić information content (AvgIpc) is 1.87. The Labute approximate surface area is 63.7 Å². The fraction of sp³-hybridized carbons (Fsp3) is 0.750. The molecular weight excluding hydrogens is 124 g/mol. The summed E-state index contributed by atoms with van der Waals surface area (Å²) in [5.74, 6) is 0. The SMILES string of the molecule is CNC/C=C\CNC(C)C. The third-order valence-corrected chi connectivity index (χ3v) is 1.13. The molecule has 0 rings (SSSR count). The van der Waals surface area contributed by atoms with Crippen molar-refractivity contribution in [3.05, 3.63) is 12.2 Å². The molecule has 0 aromatic carbocycles. The van der Waals surface area contributed by atoms with Crippen LogP contribution in [-0.4, -0.2) is 26.2 Å². The van der Waals surface area contributed by atoms with Crippen molar-refractivity contribution >= 4 is 0 Å². The molecule has 0 aromatic rings. The van der Waals surface area contributed by atoms with Gasteiger partial charge in [0.2, 0.25) is 0 Å². The summed E-state index contributed by atoms with van der Waals surface area (Å²) >= 11 is 0. The van der Waals surface area contributed by atoms with Gasteiger partial charge in [-0.15, -0.1) is 0 Å². The zero-order valence-corrected chi connectivity index (χ0v) is 7.15. The summed E-state index contributed by atoms with van der Waals surface area (Å²) in [6.45, 7) is 6.22. The second-order valence-electron chi connectivity index (χ2n) is 2.59. The molecule has 0 spiro atoms. The van der Waals surface area contributed by atoms with E-state index in [2.05, 4.69) is 36.6 Å². The standard InChI is InChI=1S/C8H18N2/c1-8(2)10-7-5-4-6-9-3/h4-5,8-10H,6-7H2,1-3H3/b5-4-. The van der Waals surface area contributed by atoms with Gasteiger partial charge < -0.3 is 10.6 Å². The second kappa shape index (κ2) is 6.78. The summed E-state index contributed by atoms with van der Waals surface area (Å²) in [7, 11) is 1.94. The van der Waals surface area contributed by atoms with Crippen LogP contribution in [-0.2, 0) is 0 Å². The van der Waals surface area contributed by atoms with Crippen LogP contribution in [0.5, 0.6) is 0 Å². The van der Waals surface area contributed by atoms with Crippen molar-refractivity contribution < 1.29 is 0 Å². The normalized spacial score (nSPS) is 11.6. The first-order chi connectivity index (χ1) is 4.77. The summed E-state index contributed by atoms with van der Waals surface area (Å²) in [6.07, 6.45) is 4.26. The Hall–Kier alpha value is -0.340. The van der Waals surface area contributed by atoms with Crippen molar-refractivity contribution in [1.29, 1.82) is 0 Å².